The summed E-state index contributed by atoms with van der Waals surface area (Å²) in [5.74, 6) is 2.04. The first-order valence-corrected chi connectivity index (χ1v) is 8.08. The van der Waals surface area contributed by atoms with Gasteiger partial charge in [0.25, 0.3) is 0 Å². The summed E-state index contributed by atoms with van der Waals surface area (Å²) in [6, 6.07) is 0. The van der Waals surface area contributed by atoms with E-state index in [1.807, 2.05) is 6.92 Å². The van der Waals surface area contributed by atoms with Crippen molar-refractivity contribution in [3.8, 4) is 0 Å². The third-order valence-electron chi connectivity index (χ3n) is 4.46. The standard InChI is InChI=1S/C15H25N3O3/c1-2-20-15(5-8-19-9-6-15)14-17-13(21-18-14)10-12-4-3-7-16-11-12/h12,16H,2-11H2,1H3. The average molecular weight is 295 g/mol. The number of ether oxygens (including phenoxy) is 2. The fourth-order valence-corrected chi connectivity index (χ4v) is 3.28. The summed E-state index contributed by atoms with van der Waals surface area (Å²) in [5, 5.41) is 7.63. The molecule has 21 heavy (non-hydrogen) atoms. The van der Waals surface area contributed by atoms with Gasteiger partial charge in [0, 0.05) is 39.1 Å². The molecule has 1 unspecified atom stereocenters. The SMILES string of the molecule is CCOC1(c2noc(CC3CCCNC3)n2)CCOCC1. The van der Waals surface area contributed by atoms with E-state index in [4.69, 9.17) is 14.0 Å². The van der Waals surface area contributed by atoms with Crippen LogP contribution >= 0.6 is 0 Å². The summed E-state index contributed by atoms with van der Waals surface area (Å²) in [6.45, 7) is 6.20. The molecule has 118 valence electrons. The summed E-state index contributed by atoms with van der Waals surface area (Å²) in [7, 11) is 0. The highest BCUT2D eigenvalue weighted by molar-refractivity contribution is 5.03. The zero-order valence-electron chi connectivity index (χ0n) is 12.8. The molecular formula is C15H25N3O3. The van der Waals surface area contributed by atoms with Crippen molar-refractivity contribution in [1.82, 2.24) is 15.5 Å². The summed E-state index contributed by atoms with van der Waals surface area (Å²) in [6.07, 6.45) is 4.91. The molecule has 1 aromatic heterocycles. The molecule has 6 nitrogen and oxygen atoms in total. The Morgan fingerprint density at radius 3 is 2.95 bits per heavy atom. The van der Waals surface area contributed by atoms with Crippen molar-refractivity contribution in [2.45, 2.75) is 44.6 Å². The third-order valence-corrected chi connectivity index (χ3v) is 4.46. The van der Waals surface area contributed by atoms with Gasteiger partial charge in [0.2, 0.25) is 11.7 Å². The predicted octanol–water partition coefficient (Wildman–Crippen LogP) is 1.65. The number of hydrogen-bond donors (Lipinski definition) is 1. The summed E-state index contributed by atoms with van der Waals surface area (Å²) >= 11 is 0. The molecule has 2 aliphatic heterocycles. The van der Waals surface area contributed by atoms with Crippen LogP contribution in [0.4, 0.5) is 0 Å². The second kappa shape index (κ2) is 6.85. The molecule has 2 fully saturated rings. The van der Waals surface area contributed by atoms with Gasteiger partial charge in [-0.15, -0.1) is 0 Å². The maximum Gasteiger partial charge on any atom is 0.227 e. The normalized spacial score (nSPS) is 25.9. The van der Waals surface area contributed by atoms with Crippen LogP contribution in [0, 0.1) is 5.92 Å². The van der Waals surface area contributed by atoms with Crippen LogP contribution in [0.25, 0.3) is 0 Å². The molecule has 0 spiro atoms. The maximum absolute atomic E-state index is 5.98. The van der Waals surface area contributed by atoms with Crippen molar-refractivity contribution < 1.29 is 14.0 Å². The van der Waals surface area contributed by atoms with E-state index < -0.39 is 5.60 Å². The minimum Gasteiger partial charge on any atom is -0.381 e. The fourth-order valence-electron chi connectivity index (χ4n) is 3.28. The van der Waals surface area contributed by atoms with Crippen LogP contribution < -0.4 is 5.32 Å². The lowest BCUT2D eigenvalue weighted by Gasteiger charge is -2.33. The molecule has 0 aromatic carbocycles. The van der Waals surface area contributed by atoms with Crippen LogP contribution in [-0.4, -0.2) is 43.1 Å². The van der Waals surface area contributed by atoms with Gasteiger partial charge in [0.1, 0.15) is 5.60 Å². The second-order valence-corrected chi connectivity index (χ2v) is 5.97. The van der Waals surface area contributed by atoms with E-state index >= 15 is 0 Å². The quantitative estimate of drug-likeness (QED) is 0.891. The van der Waals surface area contributed by atoms with E-state index in [2.05, 4.69) is 15.5 Å². The topological polar surface area (TPSA) is 69.4 Å². The third kappa shape index (κ3) is 3.44. The van der Waals surface area contributed by atoms with Gasteiger partial charge in [0.15, 0.2) is 0 Å². The van der Waals surface area contributed by atoms with Crippen LogP contribution in [0.1, 0.15) is 44.3 Å². The van der Waals surface area contributed by atoms with Crippen molar-refractivity contribution >= 4 is 0 Å². The van der Waals surface area contributed by atoms with Gasteiger partial charge >= 0.3 is 0 Å². The largest absolute Gasteiger partial charge is 0.381 e. The molecule has 6 heteroatoms. The Bertz CT molecular complexity index is 432. The minimum atomic E-state index is -0.417. The average Bonchev–Trinajstić information content (AvgIpc) is 2.99. The van der Waals surface area contributed by atoms with E-state index in [-0.39, 0.29) is 0 Å². The van der Waals surface area contributed by atoms with Gasteiger partial charge in [-0.05, 0) is 38.8 Å². The molecule has 0 aliphatic carbocycles. The molecule has 1 aromatic rings. The number of aromatic nitrogens is 2. The van der Waals surface area contributed by atoms with Crippen LogP contribution in [0.5, 0.6) is 0 Å². The Balaban J connectivity index is 1.69. The number of rotatable bonds is 5. The highest BCUT2D eigenvalue weighted by atomic mass is 16.5. The van der Waals surface area contributed by atoms with Crippen molar-refractivity contribution in [1.29, 1.82) is 0 Å². The number of piperidine rings is 1. The van der Waals surface area contributed by atoms with Crippen LogP contribution in [0.3, 0.4) is 0 Å². The number of hydrogen-bond acceptors (Lipinski definition) is 6. The Hall–Kier alpha value is -0.980. The highest BCUT2D eigenvalue weighted by Crippen LogP contribution is 2.34. The van der Waals surface area contributed by atoms with Gasteiger partial charge in [-0.2, -0.15) is 4.98 Å². The van der Waals surface area contributed by atoms with Crippen molar-refractivity contribution in [3.63, 3.8) is 0 Å². The van der Waals surface area contributed by atoms with E-state index in [0.29, 0.717) is 31.6 Å². The monoisotopic (exact) mass is 295 g/mol. The lowest BCUT2D eigenvalue weighted by atomic mass is 9.93. The smallest absolute Gasteiger partial charge is 0.227 e. The van der Waals surface area contributed by atoms with Gasteiger partial charge in [-0.25, -0.2) is 0 Å². The van der Waals surface area contributed by atoms with E-state index in [1.165, 1.54) is 12.8 Å². The van der Waals surface area contributed by atoms with Crippen molar-refractivity contribution in [2.24, 2.45) is 5.92 Å². The molecule has 0 saturated carbocycles. The van der Waals surface area contributed by atoms with Gasteiger partial charge in [-0.3, -0.25) is 0 Å². The van der Waals surface area contributed by atoms with Gasteiger partial charge in [0.05, 0.1) is 0 Å². The summed E-state index contributed by atoms with van der Waals surface area (Å²) < 4.78 is 16.9. The molecule has 3 rings (SSSR count). The second-order valence-electron chi connectivity index (χ2n) is 5.97. The Kier molecular flexibility index (Phi) is 4.87. The van der Waals surface area contributed by atoms with Crippen LogP contribution in [-0.2, 0) is 21.5 Å². The van der Waals surface area contributed by atoms with E-state index in [0.717, 1.165) is 38.2 Å². The van der Waals surface area contributed by atoms with Gasteiger partial charge < -0.3 is 19.3 Å². The van der Waals surface area contributed by atoms with Crippen molar-refractivity contribution in [3.05, 3.63) is 11.7 Å². The summed E-state index contributed by atoms with van der Waals surface area (Å²) in [5.41, 5.74) is -0.417. The first-order valence-electron chi connectivity index (χ1n) is 8.08. The van der Waals surface area contributed by atoms with Crippen LogP contribution in [0.2, 0.25) is 0 Å². The molecule has 0 bridgehead atoms. The fraction of sp³-hybridized carbons (Fsp3) is 0.867. The number of nitrogens with one attached hydrogen (secondary N) is 1. The molecular weight excluding hydrogens is 270 g/mol. The first kappa shape index (κ1) is 14.9. The summed E-state index contributed by atoms with van der Waals surface area (Å²) in [4.78, 5) is 4.63. The molecule has 1 atom stereocenters. The zero-order chi connectivity index (χ0) is 14.5. The first-order chi connectivity index (χ1) is 10.3. The molecule has 0 amide bonds. The number of nitrogens with zero attached hydrogens (tertiary/aromatic N) is 2. The minimum absolute atomic E-state index is 0.417. The Morgan fingerprint density at radius 2 is 2.24 bits per heavy atom. The molecule has 0 radical (unpaired) electrons. The van der Waals surface area contributed by atoms with E-state index in [1.54, 1.807) is 0 Å². The van der Waals surface area contributed by atoms with E-state index in [9.17, 15) is 0 Å². The van der Waals surface area contributed by atoms with Crippen LogP contribution in [0.15, 0.2) is 4.52 Å². The predicted molar refractivity (Wildman–Crippen MR) is 77.0 cm³/mol. The zero-order valence-corrected chi connectivity index (χ0v) is 12.8. The van der Waals surface area contributed by atoms with Gasteiger partial charge in [-0.1, -0.05) is 5.16 Å². The molecule has 2 aliphatic rings. The maximum atomic E-state index is 5.98. The van der Waals surface area contributed by atoms with Crippen molar-refractivity contribution in [2.75, 3.05) is 32.9 Å². The lowest BCUT2D eigenvalue weighted by molar-refractivity contribution is -0.118. The highest BCUT2D eigenvalue weighted by Gasteiger charge is 2.40. The molecule has 2 saturated heterocycles. The Labute approximate surface area is 125 Å². The lowest BCUT2D eigenvalue weighted by Crippen LogP contribution is -2.37. The Morgan fingerprint density at radius 1 is 1.38 bits per heavy atom. The molecule has 3 heterocycles. The molecule has 1 N–H and O–H groups in total.